The molecule has 66 valence electrons. The Bertz CT molecular complexity index is 106. The maximum Gasteiger partial charge on any atom is 0.0293 e. The van der Waals surface area contributed by atoms with Crippen molar-refractivity contribution in [2.24, 2.45) is 0 Å². The van der Waals surface area contributed by atoms with Crippen molar-refractivity contribution in [3.63, 3.8) is 0 Å². The number of hydrogen-bond donors (Lipinski definition) is 0. The zero-order chi connectivity index (χ0) is 8.69. The molecule has 0 aromatic carbocycles. The molecule has 0 fully saturated rings. The van der Waals surface area contributed by atoms with Gasteiger partial charge in [0.25, 0.3) is 0 Å². The van der Waals surface area contributed by atoms with E-state index in [2.05, 4.69) is 41.3 Å². The van der Waals surface area contributed by atoms with Gasteiger partial charge in [0.1, 0.15) is 0 Å². The number of halogens is 1. The fraction of sp³-hybridized carbons (Fsp3) is 0.778. The highest BCUT2D eigenvalue weighted by Gasteiger charge is 2.01. The molecule has 1 nitrogen and oxygen atoms in total. The van der Waals surface area contributed by atoms with Crippen molar-refractivity contribution < 1.29 is 0 Å². The van der Waals surface area contributed by atoms with Crippen LogP contribution in [0.25, 0.3) is 0 Å². The van der Waals surface area contributed by atoms with E-state index in [1.54, 1.807) is 0 Å². The Labute approximate surface area is 78.6 Å². The standard InChI is InChI=1S/C9H18BrN/c1-4-6-11(7-5-2)8-9(3)10/h3-8H2,1-2H3. The van der Waals surface area contributed by atoms with E-state index >= 15 is 0 Å². The van der Waals surface area contributed by atoms with E-state index in [4.69, 9.17) is 0 Å². The Morgan fingerprint density at radius 2 is 1.73 bits per heavy atom. The number of hydrogen-bond acceptors (Lipinski definition) is 1. The van der Waals surface area contributed by atoms with Gasteiger partial charge in [-0.05, 0) is 25.9 Å². The second-order valence-corrected chi connectivity index (χ2v) is 3.91. The maximum absolute atomic E-state index is 3.83. The van der Waals surface area contributed by atoms with E-state index in [0.29, 0.717) is 0 Å². The molecule has 0 aromatic heterocycles. The van der Waals surface area contributed by atoms with E-state index < -0.39 is 0 Å². The molecule has 0 unspecified atom stereocenters. The van der Waals surface area contributed by atoms with Gasteiger partial charge < -0.3 is 0 Å². The summed E-state index contributed by atoms with van der Waals surface area (Å²) in [7, 11) is 0. The Morgan fingerprint density at radius 3 is 2.00 bits per heavy atom. The van der Waals surface area contributed by atoms with E-state index in [9.17, 15) is 0 Å². The van der Waals surface area contributed by atoms with E-state index in [1.165, 1.54) is 25.9 Å². The Balaban J connectivity index is 3.59. The van der Waals surface area contributed by atoms with Crippen molar-refractivity contribution in [1.29, 1.82) is 0 Å². The van der Waals surface area contributed by atoms with Crippen molar-refractivity contribution in [2.45, 2.75) is 26.7 Å². The largest absolute Gasteiger partial charge is 0.299 e. The summed E-state index contributed by atoms with van der Waals surface area (Å²) in [4.78, 5) is 2.41. The zero-order valence-corrected chi connectivity index (χ0v) is 9.15. The van der Waals surface area contributed by atoms with Crippen LogP contribution >= 0.6 is 15.9 Å². The minimum absolute atomic E-state index is 0.988. The van der Waals surface area contributed by atoms with Crippen LogP contribution in [0.2, 0.25) is 0 Å². The van der Waals surface area contributed by atoms with Crippen LogP contribution in [0.4, 0.5) is 0 Å². The molecule has 0 heterocycles. The molecule has 0 saturated heterocycles. The molecule has 0 aliphatic carbocycles. The summed E-state index contributed by atoms with van der Waals surface area (Å²) in [6, 6.07) is 0. The number of rotatable bonds is 6. The van der Waals surface area contributed by atoms with E-state index in [-0.39, 0.29) is 0 Å². The number of nitrogens with zero attached hydrogens (tertiary/aromatic N) is 1. The van der Waals surface area contributed by atoms with Gasteiger partial charge in [0.05, 0.1) is 0 Å². The smallest absolute Gasteiger partial charge is 0.0293 e. The average Bonchev–Trinajstić information content (AvgIpc) is 1.87. The summed E-state index contributed by atoms with van der Waals surface area (Å²) in [6.07, 6.45) is 2.45. The van der Waals surface area contributed by atoms with Crippen LogP contribution in [0.3, 0.4) is 0 Å². The Kier molecular flexibility index (Phi) is 6.98. The predicted octanol–water partition coefficient (Wildman–Crippen LogP) is 3.02. The fourth-order valence-electron chi connectivity index (χ4n) is 1.15. The highest BCUT2D eigenvalue weighted by atomic mass is 79.9. The highest BCUT2D eigenvalue weighted by molar-refractivity contribution is 9.11. The van der Waals surface area contributed by atoms with Gasteiger partial charge in [-0.3, -0.25) is 4.90 Å². The molecule has 0 radical (unpaired) electrons. The second kappa shape index (κ2) is 6.86. The third kappa shape index (κ3) is 6.57. The SMILES string of the molecule is C=C(Br)CN(CCC)CCC. The van der Waals surface area contributed by atoms with Gasteiger partial charge in [-0.15, -0.1) is 0 Å². The van der Waals surface area contributed by atoms with Gasteiger partial charge in [0.15, 0.2) is 0 Å². The van der Waals surface area contributed by atoms with Crippen molar-refractivity contribution >= 4 is 15.9 Å². The van der Waals surface area contributed by atoms with Gasteiger partial charge in [-0.25, -0.2) is 0 Å². The second-order valence-electron chi connectivity index (χ2n) is 2.79. The van der Waals surface area contributed by atoms with Crippen LogP contribution in [0.1, 0.15) is 26.7 Å². The first kappa shape index (κ1) is 11.2. The first-order valence-electron chi connectivity index (χ1n) is 4.26. The van der Waals surface area contributed by atoms with Gasteiger partial charge in [-0.2, -0.15) is 0 Å². The van der Waals surface area contributed by atoms with Gasteiger partial charge >= 0.3 is 0 Å². The maximum atomic E-state index is 3.83. The molecular formula is C9H18BrN. The summed E-state index contributed by atoms with van der Waals surface area (Å²) in [5.74, 6) is 0. The quantitative estimate of drug-likeness (QED) is 0.665. The van der Waals surface area contributed by atoms with E-state index in [0.717, 1.165) is 11.0 Å². The Morgan fingerprint density at radius 1 is 1.27 bits per heavy atom. The van der Waals surface area contributed by atoms with Crippen LogP contribution in [0.15, 0.2) is 11.1 Å². The molecule has 0 N–H and O–H groups in total. The molecule has 0 bridgehead atoms. The van der Waals surface area contributed by atoms with Crippen LogP contribution in [-0.2, 0) is 0 Å². The van der Waals surface area contributed by atoms with E-state index in [1.807, 2.05) is 0 Å². The molecule has 0 spiro atoms. The summed E-state index contributed by atoms with van der Waals surface area (Å²) in [5.41, 5.74) is 0. The molecule has 2 heteroatoms. The van der Waals surface area contributed by atoms with Crippen LogP contribution in [-0.4, -0.2) is 24.5 Å². The van der Waals surface area contributed by atoms with Crippen molar-refractivity contribution in [1.82, 2.24) is 4.90 Å². The average molecular weight is 220 g/mol. The summed E-state index contributed by atoms with van der Waals surface area (Å²) >= 11 is 3.38. The van der Waals surface area contributed by atoms with Crippen LogP contribution in [0.5, 0.6) is 0 Å². The lowest BCUT2D eigenvalue weighted by molar-refractivity contribution is 0.302. The zero-order valence-electron chi connectivity index (χ0n) is 7.57. The molecule has 0 aromatic rings. The predicted molar refractivity (Wildman–Crippen MR) is 55.1 cm³/mol. The van der Waals surface area contributed by atoms with Crippen LogP contribution in [0, 0.1) is 0 Å². The molecular weight excluding hydrogens is 202 g/mol. The molecule has 0 aliphatic rings. The third-order valence-electron chi connectivity index (χ3n) is 1.47. The minimum atomic E-state index is 0.988. The monoisotopic (exact) mass is 219 g/mol. The Hall–Kier alpha value is 0.180. The van der Waals surface area contributed by atoms with Crippen molar-refractivity contribution in [2.75, 3.05) is 19.6 Å². The van der Waals surface area contributed by atoms with Crippen LogP contribution < -0.4 is 0 Å². The lowest BCUT2D eigenvalue weighted by atomic mass is 10.3. The van der Waals surface area contributed by atoms with Gasteiger partial charge in [-0.1, -0.05) is 36.4 Å². The third-order valence-corrected chi connectivity index (χ3v) is 1.73. The molecule has 0 atom stereocenters. The summed E-state index contributed by atoms with van der Waals surface area (Å²) in [5, 5.41) is 0. The minimum Gasteiger partial charge on any atom is -0.299 e. The first-order chi connectivity index (χ1) is 5.20. The molecule has 0 amide bonds. The van der Waals surface area contributed by atoms with Crippen molar-refractivity contribution in [3.05, 3.63) is 11.1 Å². The summed E-state index contributed by atoms with van der Waals surface area (Å²) in [6.45, 7) is 11.6. The van der Waals surface area contributed by atoms with Crippen molar-refractivity contribution in [3.8, 4) is 0 Å². The van der Waals surface area contributed by atoms with Gasteiger partial charge in [0.2, 0.25) is 0 Å². The first-order valence-corrected chi connectivity index (χ1v) is 5.05. The van der Waals surface area contributed by atoms with Gasteiger partial charge in [0, 0.05) is 11.0 Å². The lowest BCUT2D eigenvalue weighted by Gasteiger charge is -2.19. The highest BCUT2D eigenvalue weighted by Crippen LogP contribution is 2.05. The topological polar surface area (TPSA) is 3.24 Å². The molecule has 0 aliphatic heterocycles. The fourth-order valence-corrected chi connectivity index (χ4v) is 1.50. The lowest BCUT2D eigenvalue weighted by Crippen LogP contribution is -2.26. The molecule has 0 saturated carbocycles. The normalized spacial score (nSPS) is 10.5. The molecule has 0 rings (SSSR count). The summed E-state index contributed by atoms with van der Waals surface area (Å²) < 4.78 is 1.08. The molecule has 11 heavy (non-hydrogen) atoms.